The minimum atomic E-state index is -0.156. The van der Waals surface area contributed by atoms with Gasteiger partial charge in [-0.25, -0.2) is 0 Å². The van der Waals surface area contributed by atoms with Gasteiger partial charge in [-0.1, -0.05) is 23.8 Å². The number of hydrogen-bond donors (Lipinski definition) is 1. The number of aryl methyl sites for hydroxylation is 1. The smallest absolute Gasteiger partial charge is 0.135 e. The summed E-state index contributed by atoms with van der Waals surface area (Å²) >= 11 is 0. The zero-order chi connectivity index (χ0) is 13.8. The minimum absolute atomic E-state index is 0.156. The topological polar surface area (TPSA) is 44.5 Å². The SMILES string of the molecule is COc1cccc(Oc2ccc(C)cc2)c1[C@H](C)N. The molecule has 100 valence electrons. The Balaban J connectivity index is 2.36. The van der Waals surface area contributed by atoms with Gasteiger partial charge in [-0.15, -0.1) is 0 Å². The lowest BCUT2D eigenvalue weighted by Crippen LogP contribution is -2.08. The zero-order valence-corrected chi connectivity index (χ0v) is 11.5. The van der Waals surface area contributed by atoms with Gasteiger partial charge in [0.05, 0.1) is 12.7 Å². The van der Waals surface area contributed by atoms with E-state index in [9.17, 15) is 0 Å². The maximum atomic E-state index is 6.01. The first kappa shape index (κ1) is 13.4. The van der Waals surface area contributed by atoms with Gasteiger partial charge in [-0.05, 0) is 38.1 Å². The second kappa shape index (κ2) is 5.76. The highest BCUT2D eigenvalue weighted by Gasteiger charge is 2.14. The van der Waals surface area contributed by atoms with Gasteiger partial charge in [0.15, 0.2) is 0 Å². The maximum Gasteiger partial charge on any atom is 0.135 e. The van der Waals surface area contributed by atoms with Crippen LogP contribution in [0.1, 0.15) is 24.1 Å². The molecule has 0 radical (unpaired) electrons. The van der Waals surface area contributed by atoms with E-state index in [1.807, 2.05) is 56.3 Å². The van der Waals surface area contributed by atoms with E-state index in [1.54, 1.807) is 7.11 Å². The van der Waals surface area contributed by atoms with Crippen LogP contribution in [0.4, 0.5) is 0 Å². The molecule has 0 aliphatic rings. The molecule has 2 aromatic carbocycles. The largest absolute Gasteiger partial charge is 0.496 e. The monoisotopic (exact) mass is 257 g/mol. The third-order valence-electron chi connectivity index (χ3n) is 2.95. The molecule has 2 aromatic rings. The minimum Gasteiger partial charge on any atom is -0.496 e. The summed E-state index contributed by atoms with van der Waals surface area (Å²) in [5.74, 6) is 2.28. The summed E-state index contributed by atoms with van der Waals surface area (Å²) in [4.78, 5) is 0. The molecule has 0 saturated carbocycles. The molecule has 3 heteroatoms. The van der Waals surface area contributed by atoms with Crippen molar-refractivity contribution in [2.75, 3.05) is 7.11 Å². The van der Waals surface area contributed by atoms with Gasteiger partial charge in [0.1, 0.15) is 17.2 Å². The first-order valence-corrected chi connectivity index (χ1v) is 6.29. The van der Waals surface area contributed by atoms with Crippen molar-refractivity contribution in [3.05, 3.63) is 53.6 Å². The van der Waals surface area contributed by atoms with Crippen LogP contribution in [0.2, 0.25) is 0 Å². The summed E-state index contributed by atoms with van der Waals surface area (Å²) in [6, 6.07) is 13.5. The molecule has 0 aliphatic carbocycles. The van der Waals surface area contributed by atoms with E-state index in [2.05, 4.69) is 0 Å². The predicted octanol–water partition coefficient (Wildman–Crippen LogP) is 3.82. The summed E-state index contributed by atoms with van der Waals surface area (Å²) in [6.45, 7) is 3.96. The second-order valence-corrected chi connectivity index (χ2v) is 4.58. The van der Waals surface area contributed by atoms with Crippen molar-refractivity contribution in [2.45, 2.75) is 19.9 Å². The van der Waals surface area contributed by atoms with Gasteiger partial charge in [0.2, 0.25) is 0 Å². The average molecular weight is 257 g/mol. The van der Waals surface area contributed by atoms with Gasteiger partial charge < -0.3 is 15.2 Å². The molecule has 0 spiro atoms. The van der Waals surface area contributed by atoms with Crippen LogP contribution < -0.4 is 15.2 Å². The predicted molar refractivity (Wildman–Crippen MR) is 76.8 cm³/mol. The van der Waals surface area contributed by atoms with Crippen LogP contribution in [-0.2, 0) is 0 Å². The Bertz CT molecular complexity index is 547. The molecule has 0 aromatic heterocycles. The van der Waals surface area contributed by atoms with Crippen molar-refractivity contribution in [2.24, 2.45) is 5.73 Å². The Hall–Kier alpha value is -2.00. The quantitative estimate of drug-likeness (QED) is 0.905. The lowest BCUT2D eigenvalue weighted by Gasteiger charge is -2.17. The van der Waals surface area contributed by atoms with E-state index in [1.165, 1.54) is 5.56 Å². The van der Waals surface area contributed by atoms with Gasteiger partial charge >= 0.3 is 0 Å². The number of ether oxygens (including phenoxy) is 2. The molecule has 2 N–H and O–H groups in total. The normalized spacial score (nSPS) is 12.0. The first-order valence-electron chi connectivity index (χ1n) is 6.29. The Labute approximate surface area is 114 Å². The number of methoxy groups -OCH3 is 1. The fourth-order valence-electron chi connectivity index (χ4n) is 1.97. The van der Waals surface area contributed by atoms with Gasteiger partial charge in [0, 0.05) is 6.04 Å². The van der Waals surface area contributed by atoms with E-state index in [0.29, 0.717) is 0 Å². The maximum absolute atomic E-state index is 6.01. The molecule has 0 amide bonds. The summed E-state index contributed by atoms with van der Waals surface area (Å²) in [5, 5.41) is 0. The van der Waals surface area contributed by atoms with Gasteiger partial charge in [-0.2, -0.15) is 0 Å². The number of benzene rings is 2. The zero-order valence-electron chi connectivity index (χ0n) is 11.5. The standard InChI is InChI=1S/C16H19NO2/c1-11-7-9-13(10-8-11)19-15-6-4-5-14(18-3)16(15)12(2)17/h4-10,12H,17H2,1-3H3/t12-/m0/s1. The molecule has 0 unspecified atom stereocenters. The summed E-state index contributed by atoms with van der Waals surface area (Å²) in [5.41, 5.74) is 8.09. The second-order valence-electron chi connectivity index (χ2n) is 4.58. The van der Waals surface area contributed by atoms with Crippen molar-refractivity contribution < 1.29 is 9.47 Å². The van der Waals surface area contributed by atoms with Crippen LogP contribution in [0.25, 0.3) is 0 Å². The van der Waals surface area contributed by atoms with Crippen LogP contribution in [0.5, 0.6) is 17.2 Å². The molecular formula is C16H19NO2. The molecule has 0 heterocycles. The van der Waals surface area contributed by atoms with Gasteiger partial charge in [0.25, 0.3) is 0 Å². The molecule has 0 bridgehead atoms. The molecule has 19 heavy (non-hydrogen) atoms. The molecule has 3 nitrogen and oxygen atoms in total. The van der Waals surface area contributed by atoms with E-state index < -0.39 is 0 Å². The van der Waals surface area contributed by atoms with E-state index >= 15 is 0 Å². The fraction of sp³-hybridized carbons (Fsp3) is 0.250. The van der Waals surface area contributed by atoms with Crippen molar-refractivity contribution in [1.29, 1.82) is 0 Å². The molecule has 0 aliphatic heterocycles. The van der Waals surface area contributed by atoms with Crippen LogP contribution in [0, 0.1) is 6.92 Å². The Kier molecular flexibility index (Phi) is 4.07. The molecular weight excluding hydrogens is 238 g/mol. The van der Waals surface area contributed by atoms with E-state index in [0.717, 1.165) is 22.8 Å². The number of hydrogen-bond acceptors (Lipinski definition) is 3. The fourth-order valence-corrected chi connectivity index (χ4v) is 1.97. The van der Waals surface area contributed by atoms with Crippen molar-refractivity contribution in [1.82, 2.24) is 0 Å². The summed E-state index contributed by atoms with van der Waals surface area (Å²) in [6.07, 6.45) is 0. The summed E-state index contributed by atoms with van der Waals surface area (Å²) in [7, 11) is 1.64. The highest BCUT2D eigenvalue weighted by molar-refractivity contribution is 5.48. The van der Waals surface area contributed by atoms with Crippen LogP contribution in [0.3, 0.4) is 0 Å². The lowest BCUT2D eigenvalue weighted by atomic mass is 10.1. The Morgan fingerprint density at radius 1 is 1.00 bits per heavy atom. The summed E-state index contributed by atoms with van der Waals surface area (Å²) < 4.78 is 11.3. The van der Waals surface area contributed by atoms with Crippen LogP contribution >= 0.6 is 0 Å². The average Bonchev–Trinajstić information content (AvgIpc) is 2.40. The van der Waals surface area contributed by atoms with Crippen molar-refractivity contribution in [3.8, 4) is 17.2 Å². The van der Waals surface area contributed by atoms with E-state index in [4.69, 9.17) is 15.2 Å². The van der Waals surface area contributed by atoms with Gasteiger partial charge in [-0.3, -0.25) is 0 Å². The highest BCUT2D eigenvalue weighted by atomic mass is 16.5. The Morgan fingerprint density at radius 3 is 2.21 bits per heavy atom. The molecule has 2 rings (SSSR count). The third kappa shape index (κ3) is 3.06. The van der Waals surface area contributed by atoms with Crippen LogP contribution in [0.15, 0.2) is 42.5 Å². The number of nitrogens with two attached hydrogens (primary N) is 1. The van der Waals surface area contributed by atoms with Crippen molar-refractivity contribution in [3.63, 3.8) is 0 Å². The van der Waals surface area contributed by atoms with E-state index in [-0.39, 0.29) is 6.04 Å². The third-order valence-corrected chi connectivity index (χ3v) is 2.95. The highest BCUT2D eigenvalue weighted by Crippen LogP contribution is 2.35. The molecule has 0 saturated heterocycles. The van der Waals surface area contributed by atoms with Crippen molar-refractivity contribution >= 4 is 0 Å². The van der Waals surface area contributed by atoms with Crippen LogP contribution in [-0.4, -0.2) is 7.11 Å². The first-order chi connectivity index (χ1) is 9.11. The Morgan fingerprint density at radius 2 is 1.63 bits per heavy atom. The lowest BCUT2D eigenvalue weighted by molar-refractivity contribution is 0.397. The molecule has 0 fully saturated rings. The molecule has 1 atom stereocenters. The number of rotatable bonds is 4.